The highest BCUT2D eigenvalue weighted by Gasteiger charge is 2.04. The first-order valence-corrected chi connectivity index (χ1v) is 7.69. The topological polar surface area (TPSA) is 25.2 Å². The van der Waals surface area contributed by atoms with E-state index < -0.39 is 0 Å². The summed E-state index contributed by atoms with van der Waals surface area (Å²) >= 11 is 5.90. The molecule has 120 valence electrons. The van der Waals surface area contributed by atoms with Crippen LogP contribution in [-0.4, -0.2) is 0 Å². The van der Waals surface area contributed by atoms with E-state index in [0.29, 0.717) is 6.54 Å². The molecule has 0 unspecified atom stereocenters. The number of benzene rings is 2. The van der Waals surface area contributed by atoms with Crippen molar-refractivity contribution in [2.24, 2.45) is 0 Å². The Balaban J connectivity index is 0.00000192. The van der Waals surface area contributed by atoms with Gasteiger partial charge in [0.1, 0.15) is 11.5 Å². The van der Waals surface area contributed by atoms with Gasteiger partial charge in [-0.15, -0.1) is 12.4 Å². The van der Waals surface area contributed by atoms with Crippen molar-refractivity contribution in [3.8, 4) is 11.3 Å². The van der Waals surface area contributed by atoms with Gasteiger partial charge in [-0.05, 0) is 48.9 Å². The molecule has 1 aromatic heterocycles. The molecule has 0 spiro atoms. The minimum absolute atomic E-state index is 0. The summed E-state index contributed by atoms with van der Waals surface area (Å²) in [6.07, 6.45) is 0. The molecule has 1 heterocycles. The molecule has 3 aromatic rings. The maximum Gasteiger partial charge on any atom is 0.134 e. The summed E-state index contributed by atoms with van der Waals surface area (Å²) in [6, 6.07) is 20.2. The molecule has 3 rings (SSSR count). The number of hydrogen-bond donors (Lipinski definition) is 1. The van der Waals surface area contributed by atoms with Crippen molar-refractivity contribution in [3.63, 3.8) is 0 Å². The average molecular weight is 348 g/mol. The summed E-state index contributed by atoms with van der Waals surface area (Å²) in [5.41, 5.74) is 3.59. The zero-order valence-electron chi connectivity index (χ0n) is 12.9. The van der Waals surface area contributed by atoms with Gasteiger partial charge in [0.05, 0.1) is 6.54 Å². The van der Waals surface area contributed by atoms with E-state index in [9.17, 15) is 0 Å². The number of hydrogen-bond acceptors (Lipinski definition) is 2. The van der Waals surface area contributed by atoms with E-state index in [0.717, 1.165) is 28.7 Å². The second kappa shape index (κ2) is 8.21. The average Bonchev–Trinajstić information content (AvgIpc) is 2.99. The summed E-state index contributed by atoms with van der Waals surface area (Å²) in [5, 5.41) is 4.13. The Morgan fingerprint density at radius 3 is 2.26 bits per heavy atom. The second-order valence-electron chi connectivity index (χ2n) is 5.36. The van der Waals surface area contributed by atoms with Crippen LogP contribution in [0.2, 0.25) is 5.02 Å². The highest BCUT2D eigenvalue weighted by Crippen LogP contribution is 2.23. The molecule has 23 heavy (non-hydrogen) atoms. The van der Waals surface area contributed by atoms with Crippen LogP contribution in [-0.2, 0) is 13.1 Å². The summed E-state index contributed by atoms with van der Waals surface area (Å²) in [4.78, 5) is 0. The van der Waals surface area contributed by atoms with E-state index in [4.69, 9.17) is 16.0 Å². The van der Waals surface area contributed by atoms with Crippen molar-refractivity contribution in [1.29, 1.82) is 0 Å². The van der Waals surface area contributed by atoms with Crippen LogP contribution in [0.4, 0.5) is 0 Å². The normalized spacial score (nSPS) is 10.3. The predicted molar refractivity (Wildman–Crippen MR) is 98.1 cm³/mol. The molecule has 0 aliphatic rings. The fourth-order valence-electron chi connectivity index (χ4n) is 2.28. The van der Waals surface area contributed by atoms with Crippen molar-refractivity contribution < 1.29 is 4.42 Å². The first-order chi connectivity index (χ1) is 10.7. The van der Waals surface area contributed by atoms with Crippen molar-refractivity contribution >= 4 is 24.0 Å². The Bertz CT molecular complexity index is 733. The van der Waals surface area contributed by atoms with Gasteiger partial charge in [-0.25, -0.2) is 0 Å². The van der Waals surface area contributed by atoms with Gasteiger partial charge in [0.25, 0.3) is 0 Å². The molecular weight excluding hydrogens is 329 g/mol. The smallest absolute Gasteiger partial charge is 0.134 e. The van der Waals surface area contributed by atoms with Gasteiger partial charge in [-0.1, -0.05) is 41.4 Å². The molecule has 0 aliphatic carbocycles. The van der Waals surface area contributed by atoms with E-state index in [1.54, 1.807) is 0 Å². The molecule has 1 N–H and O–H groups in total. The monoisotopic (exact) mass is 347 g/mol. The Morgan fingerprint density at radius 1 is 0.870 bits per heavy atom. The lowest BCUT2D eigenvalue weighted by atomic mass is 10.1. The molecule has 0 aliphatic heterocycles. The summed E-state index contributed by atoms with van der Waals surface area (Å²) < 4.78 is 5.86. The third-order valence-electron chi connectivity index (χ3n) is 3.54. The molecule has 0 saturated carbocycles. The molecule has 0 bridgehead atoms. The SMILES string of the molecule is Cc1ccc(CNCc2ccc(-c3ccc(Cl)cc3)o2)cc1.Cl. The minimum Gasteiger partial charge on any atom is -0.460 e. The van der Waals surface area contributed by atoms with Gasteiger partial charge in [-0.3, -0.25) is 0 Å². The molecule has 0 radical (unpaired) electrons. The van der Waals surface area contributed by atoms with Crippen molar-refractivity contribution in [2.45, 2.75) is 20.0 Å². The van der Waals surface area contributed by atoms with Gasteiger partial charge in [-0.2, -0.15) is 0 Å². The van der Waals surface area contributed by atoms with Gasteiger partial charge in [0.15, 0.2) is 0 Å². The fourth-order valence-corrected chi connectivity index (χ4v) is 2.40. The first-order valence-electron chi connectivity index (χ1n) is 7.31. The Hall–Kier alpha value is -1.74. The lowest BCUT2D eigenvalue weighted by Crippen LogP contribution is -2.11. The minimum atomic E-state index is 0. The summed E-state index contributed by atoms with van der Waals surface area (Å²) in [5.74, 6) is 1.79. The maximum atomic E-state index is 5.90. The van der Waals surface area contributed by atoms with Crippen LogP contribution in [0.3, 0.4) is 0 Å². The van der Waals surface area contributed by atoms with Gasteiger partial charge >= 0.3 is 0 Å². The van der Waals surface area contributed by atoms with Crippen LogP contribution in [0, 0.1) is 6.92 Å². The highest BCUT2D eigenvalue weighted by molar-refractivity contribution is 6.30. The number of aryl methyl sites for hydroxylation is 1. The van der Waals surface area contributed by atoms with Crippen molar-refractivity contribution in [3.05, 3.63) is 82.6 Å². The fraction of sp³-hybridized carbons (Fsp3) is 0.158. The molecule has 4 heteroatoms. The largest absolute Gasteiger partial charge is 0.460 e. The Labute approximate surface area is 147 Å². The molecule has 0 atom stereocenters. The lowest BCUT2D eigenvalue weighted by Gasteiger charge is -2.04. The molecule has 0 fully saturated rings. The van der Waals surface area contributed by atoms with Crippen LogP contribution >= 0.6 is 24.0 Å². The molecule has 0 saturated heterocycles. The molecule has 0 amide bonds. The van der Waals surface area contributed by atoms with Gasteiger partial charge in [0, 0.05) is 17.1 Å². The quantitative estimate of drug-likeness (QED) is 0.647. The second-order valence-corrected chi connectivity index (χ2v) is 5.80. The van der Waals surface area contributed by atoms with Crippen LogP contribution in [0.1, 0.15) is 16.9 Å². The van der Waals surface area contributed by atoms with E-state index in [-0.39, 0.29) is 12.4 Å². The number of furan rings is 1. The van der Waals surface area contributed by atoms with Crippen LogP contribution < -0.4 is 5.32 Å². The molecular formula is C19H19Cl2NO. The van der Waals surface area contributed by atoms with E-state index >= 15 is 0 Å². The van der Waals surface area contributed by atoms with E-state index in [1.807, 2.05) is 36.4 Å². The van der Waals surface area contributed by atoms with Crippen molar-refractivity contribution in [1.82, 2.24) is 5.32 Å². The number of halogens is 2. The van der Waals surface area contributed by atoms with Crippen LogP contribution in [0.15, 0.2) is 65.1 Å². The zero-order valence-corrected chi connectivity index (χ0v) is 14.5. The summed E-state index contributed by atoms with van der Waals surface area (Å²) in [7, 11) is 0. The van der Waals surface area contributed by atoms with Crippen LogP contribution in [0.5, 0.6) is 0 Å². The van der Waals surface area contributed by atoms with Crippen molar-refractivity contribution in [2.75, 3.05) is 0 Å². The first kappa shape index (κ1) is 17.6. The standard InChI is InChI=1S/C19H18ClNO.ClH/c1-14-2-4-15(5-3-14)12-21-13-18-10-11-19(22-18)16-6-8-17(20)9-7-16;/h2-11,21H,12-13H2,1H3;1H. The zero-order chi connectivity index (χ0) is 15.4. The van der Waals surface area contributed by atoms with Crippen LogP contribution in [0.25, 0.3) is 11.3 Å². The number of nitrogens with one attached hydrogen (secondary N) is 1. The third kappa shape index (κ3) is 4.87. The lowest BCUT2D eigenvalue weighted by molar-refractivity contribution is 0.493. The molecule has 2 nitrogen and oxygen atoms in total. The van der Waals surface area contributed by atoms with Gasteiger partial charge in [0.2, 0.25) is 0 Å². The van der Waals surface area contributed by atoms with Gasteiger partial charge < -0.3 is 9.73 Å². The maximum absolute atomic E-state index is 5.90. The Morgan fingerprint density at radius 2 is 1.57 bits per heavy atom. The Kier molecular flexibility index (Phi) is 6.28. The predicted octanol–water partition coefficient (Wildman–Crippen LogP) is 5.62. The third-order valence-corrected chi connectivity index (χ3v) is 3.79. The molecule has 2 aromatic carbocycles. The summed E-state index contributed by atoms with van der Waals surface area (Å²) in [6.45, 7) is 3.64. The number of rotatable bonds is 5. The van der Waals surface area contributed by atoms with E-state index in [2.05, 4.69) is 36.5 Å². The van der Waals surface area contributed by atoms with E-state index in [1.165, 1.54) is 11.1 Å². The highest BCUT2D eigenvalue weighted by atomic mass is 35.5.